The van der Waals surface area contributed by atoms with E-state index in [1.165, 1.54) is 30.3 Å². The molecular weight excluding hydrogens is 353 g/mol. The Kier molecular flexibility index (Phi) is 7.84. The zero-order valence-corrected chi connectivity index (χ0v) is 14.8. The van der Waals surface area contributed by atoms with E-state index in [1.807, 2.05) is 0 Å². The van der Waals surface area contributed by atoms with E-state index in [9.17, 15) is 14.0 Å². The maximum atomic E-state index is 12.8. The number of nitrogens with one attached hydrogen (secondary N) is 1. The Balaban J connectivity index is 1.71. The van der Waals surface area contributed by atoms with Crippen molar-refractivity contribution >= 4 is 17.6 Å². The number of hydrogen-bond acceptors (Lipinski definition) is 6. The van der Waals surface area contributed by atoms with E-state index >= 15 is 0 Å². The van der Waals surface area contributed by atoms with Crippen LogP contribution in [-0.4, -0.2) is 25.2 Å². The van der Waals surface area contributed by atoms with Crippen LogP contribution in [0.5, 0.6) is 5.75 Å². The smallest absolute Gasteiger partial charge is 0.362 e. The van der Waals surface area contributed by atoms with Crippen molar-refractivity contribution in [3.63, 3.8) is 0 Å². The minimum Gasteiger partial charge on any atom is -0.493 e. The molecule has 0 spiro atoms. The summed E-state index contributed by atoms with van der Waals surface area (Å²) in [5.41, 5.74) is 3.25. The Morgan fingerprint density at radius 3 is 2.41 bits per heavy atom. The number of carbonyl (C=O) groups excluding carboxylic acids is 2. The summed E-state index contributed by atoms with van der Waals surface area (Å²) in [5.74, 6) is -0.757. The van der Waals surface area contributed by atoms with E-state index in [0.717, 1.165) is 0 Å². The number of carbonyl (C=O) groups is 2. The van der Waals surface area contributed by atoms with E-state index in [1.54, 1.807) is 37.3 Å². The van der Waals surface area contributed by atoms with Crippen molar-refractivity contribution in [2.75, 3.05) is 18.7 Å². The van der Waals surface area contributed by atoms with E-state index in [0.29, 0.717) is 30.0 Å². The van der Waals surface area contributed by atoms with Crippen LogP contribution in [0.2, 0.25) is 0 Å². The van der Waals surface area contributed by atoms with Gasteiger partial charge in [0, 0.05) is 12.5 Å². The van der Waals surface area contributed by atoms with Crippen LogP contribution in [0.15, 0.2) is 60.7 Å². The highest BCUT2D eigenvalue weighted by Crippen LogP contribution is 2.14. The van der Waals surface area contributed by atoms with Crippen molar-refractivity contribution in [1.29, 1.82) is 0 Å². The molecule has 0 saturated heterocycles. The molecule has 0 saturated carbocycles. The van der Waals surface area contributed by atoms with Gasteiger partial charge in [-0.25, -0.2) is 19.5 Å². The molecular formula is C20H20FNO5. The standard InChI is InChI=1S/C20H20FNO5/c1-2-4-19(23)26-14-3-13-25-18-11-5-15(6-12-18)20(24)27-22-17-9-7-16(21)8-10-17/h2,4-12,22H,3,13-14H2,1H3. The van der Waals surface area contributed by atoms with Gasteiger partial charge in [0.05, 0.1) is 24.5 Å². The van der Waals surface area contributed by atoms with E-state index in [4.69, 9.17) is 14.3 Å². The molecule has 0 heterocycles. The fraction of sp³-hybridized carbons (Fsp3) is 0.200. The van der Waals surface area contributed by atoms with Crippen molar-refractivity contribution in [2.24, 2.45) is 0 Å². The second kappa shape index (κ2) is 10.6. The molecule has 0 unspecified atom stereocenters. The molecule has 1 N–H and O–H groups in total. The Labute approximate surface area is 156 Å². The quantitative estimate of drug-likeness (QED) is 0.311. The summed E-state index contributed by atoms with van der Waals surface area (Å²) in [7, 11) is 0. The number of esters is 1. The Bertz CT molecular complexity index is 772. The summed E-state index contributed by atoms with van der Waals surface area (Å²) in [6.45, 7) is 2.38. The zero-order valence-electron chi connectivity index (χ0n) is 14.8. The lowest BCUT2D eigenvalue weighted by Crippen LogP contribution is -2.11. The summed E-state index contributed by atoms with van der Waals surface area (Å²) in [5, 5.41) is 0. The average Bonchev–Trinajstić information content (AvgIpc) is 2.68. The van der Waals surface area contributed by atoms with Crippen LogP contribution in [0.4, 0.5) is 10.1 Å². The third-order valence-electron chi connectivity index (χ3n) is 3.30. The minimum absolute atomic E-state index is 0.267. The van der Waals surface area contributed by atoms with Gasteiger partial charge in [-0.05, 0) is 55.5 Å². The molecule has 0 atom stereocenters. The minimum atomic E-state index is -0.582. The van der Waals surface area contributed by atoms with Crippen molar-refractivity contribution in [3.05, 3.63) is 72.1 Å². The molecule has 0 radical (unpaired) electrons. The normalized spacial score (nSPS) is 10.4. The summed E-state index contributed by atoms with van der Waals surface area (Å²) in [6.07, 6.45) is 3.51. The molecule has 142 valence electrons. The Morgan fingerprint density at radius 2 is 1.74 bits per heavy atom. The number of ether oxygens (including phenoxy) is 2. The molecule has 0 aliphatic rings. The van der Waals surface area contributed by atoms with Gasteiger partial charge < -0.3 is 14.3 Å². The van der Waals surface area contributed by atoms with Gasteiger partial charge >= 0.3 is 11.9 Å². The average molecular weight is 373 g/mol. The number of halogens is 1. The van der Waals surface area contributed by atoms with Gasteiger partial charge in [-0.3, -0.25) is 0 Å². The topological polar surface area (TPSA) is 73.9 Å². The SMILES string of the molecule is CC=CC(=O)OCCCOc1ccc(C(=O)ONc2ccc(F)cc2)cc1. The first-order valence-electron chi connectivity index (χ1n) is 8.33. The largest absolute Gasteiger partial charge is 0.493 e. The van der Waals surface area contributed by atoms with Gasteiger partial charge in [0.25, 0.3) is 0 Å². The molecule has 0 amide bonds. The lowest BCUT2D eigenvalue weighted by Gasteiger charge is -2.08. The van der Waals surface area contributed by atoms with Gasteiger partial charge in [0.2, 0.25) is 0 Å². The molecule has 6 nitrogen and oxygen atoms in total. The first-order chi connectivity index (χ1) is 13.1. The number of allylic oxidation sites excluding steroid dienone is 1. The molecule has 0 fully saturated rings. The van der Waals surface area contributed by atoms with Crippen molar-refractivity contribution in [2.45, 2.75) is 13.3 Å². The molecule has 0 bridgehead atoms. The zero-order chi connectivity index (χ0) is 19.5. The first-order valence-corrected chi connectivity index (χ1v) is 8.33. The lowest BCUT2D eigenvalue weighted by molar-refractivity contribution is -0.137. The van der Waals surface area contributed by atoms with Crippen LogP contribution in [0.25, 0.3) is 0 Å². The van der Waals surface area contributed by atoms with Gasteiger partial charge in [0.1, 0.15) is 11.6 Å². The van der Waals surface area contributed by atoms with Crippen LogP contribution in [0.1, 0.15) is 23.7 Å². The van der Waals surface area contributed by atoms with Gasteiger partial charge in [-0.1, -0.05) is 6.08 Å². The number of rotatable bonds is 9. The monoisotopic (exact) mass is 373 g/mol. The van der Waals surface area contributed by atoms with Gasteiger partial charge in [-0.2, -0.15) is 0 Å². The predicted octanol–water partition coefficient (Wildman–Crippen LogP) is 3.90. The number of hydrogen-bond donors (Lipinski definition) is 1. The molecule has 7 heteroatoms. The summed E-state index contributed by atoms with van der Waals surface area (Å²) in [4.78, 5) is 28.0. The fourth-order valence-electron chi connectivity index (χ4n) is 1.98. The van der Waals surface area contributed by atoms with Crippen LogP contribution in [-0.2, 0) is 14.4 Å². The van der Waals surface area contributed by atoms with Gasteiger partial charge in [0.15, 0.2) is 0 Å². The molecule has 0 aliphatic heterocycles. The maximum Gasteiger partial charge on any atom is 0.362 e. The van der Waals surface area contributed by atoms with Crippen LogP contribution < -0.4 is 10.2 Å². The van der Waals surface area contributed by atoms with Crippen LogP contribution in [0.3, 0.4) is 0 Å². The summed E-state index contributed by atoms with van der Waals surface area (Å²) < 4.78 is 23.3. The van der Waals surface area contributed by atoms with Crippen molar-refractivity contribution in [3.8, 4) is 5.75 Å². The van der Waals surface area contributed by atoms with Gasteiger partial charge in [-0.15, -0.1) is 0 Å². The molecule has 27 heavy (non-hydrogen) atoms. The lowest BCUT2D eigenvalue weighted by atomic mass is 10.2. The summed E-state index contributed by atoms with van der Waals surface area (Å²) in [6, 6.07) is 11.8. The second-order valence-corrected chi connectivity index (χ2v) is 5.39. The highest BCUT2D eigenvalue weighted by molar-refractivity contribution is 5.90. The Hall–Kier alpha value is -3.35. The van der Waals surface area contributed by atoms with E-state index in [-0.39, 0.29) is 18.4 Å². The predicted molar refractivity (Wildman–Crippen MR) is 97.8 cm³/mol. The van der Waals surface area contributed by atoms with Crippen molar-refractivity contribution < 1.29 is 28.3 Å². The maximum absolute atomic E-state index is 12.8. The third kappa shape index (κ3) is 7.19. The van der Waals surface area contributed by atoms with E-state index in [2.05, 4.69) is 5.48 Å². The van der Waals surface area contributed by atoms with Crippen LogP contribution >= 0.6 is 0 Å². The van der Waals surface area contributed by atoms with Crippen LogP contribution in [0, 0.1) is 5.82 Å². The number of anilines is 1. The highest BCUT2D eigenvalue weighted by atomic mass is 19.1. The van der Waals surface area contributed by atoms with E-state index < -0.39 is 5.97 Å². The van der Waals surface area contributed by atoms with Crippen molar-refractivity contribution in [1.82, 2.24) is 0 Å². The molecule has 0 aromatic heterocycles. The molecule has 0 aliphatic carbocycles. The highest BCUT2D eigenvalue weighted by Gasteiger charge is 2.08. The summed E-state index contributed by atoms with van der Waals surface area (Å²) >= 11 is 0. The molecule has 2 aromatic rings. The molecule has 2 aromatic carbocycles. The second-order valence-electron chi connectivity index (χ2n) is 5.39. The fourth-order valence-corrected chi connectivity index (χ4v) is 1.98. The Morgan fingerprint density at radius 1 is 1.04 bits per heavy atom. The third-order valence-corrected chi connectivity index (χ3v) is 3.30. The first kappa shape index (κ1) is 20.0. The number of benzene rings is 2. The molecule has 2 rings (SSSR count).